The third-order valence-corrected chi connectivity index (χ3v) is 2.93. The Morgan fingerprint density at radius 2 is 2.27 bits per heavy atom. The van der Waals surface area contributed by atoms with E-state index in [1.807, 2.05) is 25.1 Å². The van der Waals surface area contributed by atoms with Crippen LogP contribution in [0.3, 0.4) is 0 Å². The molecule has 0 aliphatic rings. The van der Waals surface area contributed by atoms with Gasteiger partial charge in [-0.2, -0.15) is 4.37 Å². The summed E-state index contributed by atoms with van der Waals surface area (Å²) in [7, 11) is 0. The van der Waals surface area contributed by atoms with Crippen LogP contribution in [-0.2, 0) is 0 Å². The van der Waals surface area contributed by atoms with Gasteiger partial charge in [0, 0.05) is 11.3 Å². The lowest BCUT2D eigenvalue weighted by atomic mass is 10.1. The van der Waals surface area contributed by atoms with Gasteiger partial charge in [0.05, 0.1) is 0 Å². The number of aromatic nitrogens is 2. The Kier molecular flexibility index (Phi) is 2.51. The molecular formula is C11H11N3S. The van der Waals surface area contributed by atoms with Crippen LogP contribution >= 0.6 is 11.5 Å². The van der Waals surface area contributed by atoms with Crippen molar-refractivity contribution in [3.05, 3.63) is 36.2 Å². The molecule has 3 nitrogen and oxygen atoms in total. The topological polar surface area (TPSA) is 51.8 Å². The first-order chi connectivity index (χ1) is 7.20. The molecule has 1 heterocycles. The minimum Gasteiger partial charge on any atom is -0.398 e. The molecule has 0 bridgehead atoms. The van der Waals surface area contributed by atoms with Crippen LogP contribution in [0.15, 0.2) is 24.8 Å². The smallest absolute Gasteiger partial charge is 0.165 e. The van der Waals surface area contributed by atoms with Gasteiger partial charge in [-0.25, -0.2) is 4.98 Å². The maximum atomic E-state index is 5.83. The summed E-state index contributed by atoms with van der Waals surface area (Å²) in [5, 5.41) is 0.872. The Morgan fingerprint density at radius 1 is 1.47 bits per heavy atom. The van der Waals surface area contributed by atoms with E-state index in [0.29, 0.717) is 5.82 Å². The molecule has 0 unspecified atom stereocenters. The molecule has 0 saturated heterocycles. The summed E-state index contributed by atoms with van der Waals surface area (Å²) in [6.45, 7) is 5.61. The number of rotatable bonds is 2. The molecule has 0 aliphatic heterocycles. The lowest BCUT2D eigenvalue weighted by Crippen LogP contribution is -1.89. The third kappa shape index (κ3) is 1.89. The molecule has 2 N–H and O–H groups in total. The summed E-state index contributed by atoms with van der Waals surface area (Å²) >= 11 is 1.35. The van der Waals surface area contributed by atoms with Crippen molar-refractivity contribution in [3.63, 3.8) is 0 Å². The van der Waals surface area contributed by atoms with E-state index in [4.69, 9.17) is 5.73 Å². The van der Waals surface area contributed by atoms with E-state index in [0.717, 1.165) is 21.8 Å². The second kappa shape index (κ2) is 3.82. The molecule has 1 aromatic heterocycles. The van der Waals surface area contributed by atoms with E-state index in [-0.39, 0.29) is 0 Å². The SMILES string of the molecule is C=Cc1nsc(-c2ccc(C)c(N)c2)n1. The highest BCUT2D eigenvalue weighted by Gasteiger charge is 2.05. The molecule has 0 fully saturated rings. The number of anilines is 1. The van der Waals surface area contributed by atoms with E-state index < -0.39 is 0 Å². The number of benzene rings is 1. The molecule has 0 amide bonds. The Balaban J connectivity index is 2.44. The van der Waals surface area contributed by atoms with Crippen LogP contribution < -0.4 is 5.73 Å². The molecule has 0 aliphatic carbocycles. The largest absolute Gasteiger partial charge is 0.398 e. The Hall–Kier alpha value is -1.68. The molecule has 4 heteroatoms. The molecule has 2 rings (SSSR count). The predicted molar refractivity (Wildman–Crippen MR) is 64.6 cm³/mol. The zero-order chi connectivity index (χ0) is 10.8. The lowest BCUT2D eigenvalue weighted by molar-refractivity contribution is 1.28. The normalized spacial score (nSPS) is 10.2. The summed E-state index contributed by atoms with van der Waals surface area (Å²) < 4.78 is 4.13. The summed E-state index contributed by atoms with van der Waals surface area (Å²) in [6, 6.07) is 5.90. The van der Waals surface area contributed by atoms with Crippen LogP contribution in [0.1, 0.15) is 11.4 Å². The first-order valence-corrected chi connectivity index (χ1v) is 5.30. The van der Waals surface area contributed by atoms with Crippen molar-refractivity contribution < 1.29 is 0 Å². The van der Waals surface area contributed by atoms with Crippen molar-refractivity contribution in [2.75, 3.05) is 5.73 Å². The summed E-state index contributed by atoms with van der Waals surface area (Å²) in [4.78, 5) is 4.30. The molecule has 15 heavy (non-hydrogen) atoms. The minimum atomic E-state index is 0.661. The second-order valence-electron chi connectivity index (χ2n) is 3.23. The molecule has 0 radical (unpaired) electrons. The van der Waals surface area contributed by atoms with Gasteiger partial charge in [0.15, 0.2) is 5.82 Å². The number of nitrogens with zero attached hydrogens (tertiary/aromatic N) is 2. The number of nitrogen functional groups attached to an aromatic ring is 1. The van der Waals surface area contributed by atoms with Crippen molar-refractivity contribution in [3.8, 4) is 10.6 Å². The molecule has 1 aromatic carbocycles. The fourth-order valence-electron chi connectivity index (χ4n) is 1.21. The highest BCUT2D eigenvalue weighted by atomic mass is 32.1. The van der Waals surface area contributed by atoms with E-state index in [1.165, 1.54) is 11.5 Å². The van der Waals surface area contributed by atoms with Gasteiger partial charge in [-0.05, 0) is 36.2 Å². The van der Waals surface area contributed by atoms with Gasteiger partial charge in [-0.1, -0.05) is 18.7 Å². The van der Waals surface area contributed by atoms with Gasteiger partial charge in [-0.3, -0.25) is 0 Å². The van der Waals surface area contributed by atoms with Crippen LogP contribution in [0.25, 0.3) is 16.6 Å². The van der Waals surface area contributed by atoms with Gasteiger partial charge < -0.3 is 5.73 Å². The van der Waals surface area contributed by atoms with Crippen molar-refractivity contribution in [1.29, 1.82) is 0 Å². The minimum absolute atomic E-state index is 0.661. The van der Waals surface area contributed by atoms with Crippen molar-refractivity contribution in [2.45, 2.75) is 6.92 Å². The highest BCUT2D eigenvalue weighted by molar-refractivity contribution is 7.09. The fraction of sp³-hybridized carbons (Fsp3) is 0.0909. The summed E-state index contributed by atoms with van der Waals surface area (Å²) in [5.74, 6) is 0.661. The number of aryl methyl sites for hydroxylation is 1. The maximum absolute atomic E-state index is 5.83. The molecular weight excluding hydrogens is 206 g/mol. The molecule has 0 atom stereocenters. The zero-order valence-corrected chi connectivity index (χ0v) is 9.21. The second-order valence-corrected chi connectivity index (χ2v) is 3.99. The van der Waals surface area contributed by atoms with Gasteiger partial charge in [0.2, 0.25) is 0 Å². The van der Waals surface area contributed by atoms with Gasteiger partial charge in [0.25, 0.3) is 0 Å². The van der Waals surface area contributed by atoms with Gasteiger partial charge in [0.1, 0.15) is 5.01 Å². The molecule has 2 aromatic rings. The molecule has 76 valence electrons. The Bertz CT molecular complexity index is 502. The lowest BCUT2D eigenvalue weighted by Gasteiger charge is -2.01. The van der Waals surface area contributed by atoms with Crippen LogP contribution in [0.4, 0.5) is 5.69 Å². The van der Waals surface area contributed by atoms with E-state index in [9.17, 15) is 0 Å². The van der Waals surface area contributed by atoms with Crippen molar-refractivity contribution in [1.82, 2.24) is 9.36 Å². The number of nitrogens with two attached hydrogens (primary N) is 1. The first kappa shape index (κ1) is 9.86. The van der Waals surface area contributed by atoms with E-state index >= 15 is 0 Å². The van der Waals surface area contributed by atoms with E-state index in [2.05, 4.69) is 15.9 Å². The third-order valence-electron chi connectivity index (χ3n) is 2.15. The van der Waals surface area contributed by atoms with Gasteiger partial charge >= 0.3 is 0 Å². The first-order valence-electron chi connectivity index (χ1n) is 4.53. The Morgan fingerprint density at radius 3 is 2.87 bits per heavy atom. The van der Waals surface area contributed by atoms with E-state index in [1.54, 1.807) is 6.08 Å². The average Bonchev–Trinajstić information content (AvgIpc) is 2.70. The maximum Gasteiger partial charge on any atom is 0.165 e. The Labute approximate surface area is 92.5 Å². The molecule has 0 saturated carbocycles. The fourth-order valence-corrected chi connectivity index (χ4v) is 1.87. The number of hydrogen-bond donors (Lipinski definition) is 1. The van der Waals surface area contributed by atoms with Crippen molar-refractivity contribution in [2.24, 2.45) is 0 Å². The van der Waals surface area contributed by atoms with Crippen LogP contribution in [0, 0.1) is 6.92 Å². The summed E-state index contributed by atoms with van der Waals surface area (Å²) in [5.41, 5.74) is 8.69. The average molecular weight is 217 g/mol. The zero-order valence-electron chi connectivity index (χ0n) is 8.40. The quantitative estimate of drug-likeness (QED) is 0.787. The number of hydrogen-bond acceptors (Lipinski definition) is 4. The predicted octanol–water partition coefficient (Wildman–Crippen LogP) is 2.74. The van der Waals surface area contributed by atoms with Gasteiger partial charge in [-0.15, -0.1) is 0 Å². The van der Waals surface area contributed by atoms with Crippen LogP contribution in [-0.4, -0.2) is 9.36 Å². The van der Waals surface area contributed by atoms with Crippen LogP contribution in [0.5, 0.6) is 0 Å². The highest BCUT2D eigenvalue weighted by Crippen LogP contribution is 2.25. The van der Waals surface area contributed by atoms with Crippen molar-refractivity contribution >= 4 is 23.3 Å². The standard InChI is InChI=1S/C11H11N3S/c1-3-10-13-11(15-14-10)8-5-4-7(2)9(12)6-8/h3-6H,1,12H2,2H3. The van der Waals surface area contributed by atoms with Crippen LogP contribution in [0.2, 0.25) is 0 Å². The monoisotopic (exact) mass is 217 g/mol. The molecule has 0 spiro atoms. The summed E-state index contributed by atoms with van der Waals surface area (Å²) in [6.07, 6.45) is 1.64.